The summed E-state index contributed by atoms with van der Waals surface area (Å²) in [6.07, 6.45) is 4.76. The van der Waals surface area contributed by atoms with Crippen LogP contribution in [0.3, 0.4) is 0 Å². The Morgan fingerprint density at radius 3 is 2.89 bits per heavy atom. The van der Waals surface area contributed by atoms with Gasteiger partial charge in [0.2, 0.25) is 10.0 Å². The molecular formula is C10H13N5O2S. The molecule has 0 saturated heterocycles. The fraction of sp³-hybridized carbons (Fsp3) is 0.200. The number of hydrogen-bond acceptors (Lipinski definition) is 5. The first kappa shape index (κ1) is 12.5. The van der Waals surface area contributed by atoms with Gasteiger partial charge in [-0.05, 0) is 12.1 Å². The summed E-state index contributed by atoms with van der Waals surface area (Å²) in [4.78, 5) is 3.85. The first-order chi connectivity index (χ1) is 8.58. The number of nitrogens with one attached hydrogen (secondary N) is 1. The summed E-state index contributed by atoms with van der Waals surface area (Å²) >= 11 is 0. The van der Waals surface area contributed by atoms with Crippen molar-refractivity contribution in [2.75, 3.05) is 12.3 Å². The largest absolute Gasteiger partial charge is 0.384 e. The molecule has 0 aliphatic heterocycles. The van der Waals surface area contributed by atoms with Crippen LogP contribution >= 0.6 is 0 Å². The van der Waals surface area contributed by atoms with Crippen molar-refractivity contribution in [3.05, 3.63) is 36.8 Å². The molecule has 0 saturated carbocycles. The first-order valence-electron chi connectivity index (χ1n) is 5.26. The van der Waals surface area contributed by atoms with Crippen molar-refractivity contribution in [3.63, 3.8) is 0 Å². The third kappa shape index (κ3) is 3.05. The smallest absolute Gasteiger partial charge is 0.240 e. The molecule has 8 heteroatoms. The monoisotopic (exact) mass is 267 g/mol. The molecular weight excluding hydrogens is 254 g/mol. The highest BCUT2D eigenvalue weighted by Crippen LogP contribution is 2.09. The summed E-state index contributed by atoms with van der Waals surface area (Å²) in [7, 11) is -3.55. The lowest BCUT2D eigenvalue weighted by molar-refractivity contribution is 0.561. The van der Waals surface area contributed by atoms with Gasteiger partial charge in [-0.3, -0.25) is 4.68 Å². The van der Waals surface area contributed by atoms with E-state index in [1.807, 2.05) is 0 Å². The molecule has 0 radical (unpaired) electrons. The second-order valence-electron chi connectivity index (χ2n) is 3.58. The van der Waals surface area contributed by atoms with Crippen LogP contribution in [-0.2, 0) is 16.6 Å². The highest BCUT2D eigenvalue weighted by molar-refractivity contribution is 7.89. The van der Waals surface area contributed by atoms with Crippen molar-refractivity contribution in [2.45, 2.75) is 11.4 Å². The summed E-state index contributed by atoms with van der Waals surface area (Å²) in [5.74, 6) is 0.171. The Kier molecular flexibility index (Phi) is 3.58. The zero-order chi connectivity index (χ0) is 13.0. The normalized spacial score (nSPS) is 11.6. The lowest BCUT2D eigenvalue weighted by atomic mass is 10.5. The van der Waals surface area contributed by atoms with Crippen molar-refractivity contribution in [3.8, 4) is 0 Å². The van der Waals surface area contributed by atoms with Gasteiger partial charge in [0.05, 0.1) is 11.4 Å². The molecule has 2 aromatic heterocycles. The van der Waals surface area contributed by atoms with E-state index in [0.717, 1.165) is 0 Å². The van der Waals surface area contributed by atoms with Crippen LogP contribution in [0.4, 0.5) is 5.82 Å². The van der Waals surface area contributed by atoms with E-state index in [9.17, 15) is 8.42 Å². The zero-order valence-electron chi connectivity index (χ0n) is 9.52. The lowest BCUT2D eigenvalue weighted by Crippen LogP contribution is -2.27. The standard InChI is InChI=1S/C10H13N5O2S/c11-10-8-9(2-4-12-10)18(16,17)14-5-7-15-6-1-3-13-15/h1-4,6,8,14H,5,7H2,(H2,11,12). The van der Waals surface area contributed by atoms with Crippen LogP contribution < -0.4 is 10.5 Å². The number of nitrogens with zero attached hydrogens (tertiary/aromatic N) is 3. The minimum absolute atomic E-state index is 0.107. The molecule has 2 rings (SSSR count). The van der Waals surface area contributed by atoms with E-state index in [1.54, 1.807) is 23.1 Å². The van der Waals surface area contributed by atoms with Gasteiger partial charge >= 0.3 is 0 Å². The summed E-state index contributed by atoms with van der Waals surface area (Å²) in [5, 5.41) is 3.97. The van der Waals surface area contributed by atoms with Crippen LogP contribution in [-0.4, -0.2) is 29.7 Å². The molecule has 0 spiro atoms. The minimum Gasteiger partial charge on any atom is -0.384 e. The van der Waals surface area contributed by atoms with Crippen LogP contribution in [0.1, 0.15) is 0 Å². The molecule has 96 valence electrons. The quantitative estimate of drug-likeness (QED) is 0.783. The predicted octanol–water partition coefficient (Wildman–Crippen LogP) is -0.161. The highest BCUT2D eigenvalue weighted by atomic mass is 32.2. The number of anilines is 1. The van der Waals surface area contributed by atoms with E-state index in [0.29, 0.717) is 6.54 Å². The van der Waals surface area contributed by atoms with Gasteiger partial charge in [0.25, 0.3) is 0 Å². The van der Waals surface area contributed by atoms with Crippen LogP contribution in [0.2, 0.25) is 0 Å². The molecule has 7 nitrogen and oxygen atoms in total. The van der Waals surface area contributed by atoms with Gasteiger partial charge in [0.15, 0.2) is 0 Å². The average Bonchev–Trinajstić information content (AvgIpc) is 2.82. The highest BCUT2D eigenvalue weighted by Gasteiger charge is 2.13. The number of pyridine rings is 1. The molecule has 0 unspecified atom stereocenters. The molecule has 0 aliphatic carbocycles. The molecule has 0 aromatic carbocycles. The molecule has 0 fully saturated rings. The molecule has 18 heavy (non-hydrogen) atoms. The molecule has 0 bridgehead atoms. The van der Waals surface area contributed by atoms with Gasteiger partial charge in [0.1, 0.15) is 5.82 Å². The number of nitrogens with two attached hydrogens (primary N) is 1. The fourth-order valence-corrected chi connectivity index (χ4v) is 2.45. The number of sulfonamides is 1. The average molecular weight is 267 g/mol. The number of nitrogen functional groups attached to an aromatic ring is 1. The van der Waals surface area contributed by atoms with E-state index in [2.05, 4.69) is 14.8 Å². The van der Waals surface area contributed by atoms with Gasteiger partial charge in [-0.2, -0.15) is 5.10 Å². The van der Waals surface area contributed by atoms with E-state index >= 15 is 0 Å². The Morgan fingerprint density at radius 1 is 1.39 bits per heavy atom. The Hall–Kier alpha value is -1.93. The SMILES string of the molecule is Nc1cc(S(=O)(=O)NCCn2cccn2)ccn1. The maximum atomic E-state index is 11.9. The Morgan fingerprint density at radius 2 is 2.22 bits per heavy atom. The molecule has 2 aromatic rings. The summed E-state index contributed by atoms with van der Waals surface area (Å²) in [5.41, 5.74) is 5.44. The topological polar surface area (TPSA) is 103 Å². The summed E-state index contributed by atoms with van der Waals surface area (Å²) < 4.78 is 27.9. The van der Waals surface area contributed by atoms with Crippen LogP contribution in [0, 0.1) is 0 Å². The van der Waals surface area contributed by atoms with Crippen molar-refractivity contribution >= 4 is 15.8 Å². The molecule has 0 atom stereocenters. The Balaban J connectivity index is 1.99. The van der Waals surface area contributed by atoms with E-state index in [-0.39, 0.29) is 17.3 Å². The maximum Gasteiger partial charge on any atom is 0.240 e. The van der Waals surface area contributed by atoms with Gasteiger partial charge < -0.3 is 5.73 Å². The van der Waals surface area contributed by atoms with Crippen molar-refractivity contribution in [1.82, 2.24) is 19.5 Å². The maximum absolute atomic E-state index is 11.9. The first-order valence-corrected chi connectivity index (χ1v) is 6.75. The number of aromatic nitrogens is 3. The lowest BCUT2D eigenvalue weighted by Gasteiger charge is -2.07. The fourth-order valence-electron chi connectivity index (χ4n) is 1.41. The van der Waals surface area contributed by atoms with Crippen LogP contribution in [0.25, 0.3) is 0 Å². The van der Waals surface area contributed by atoms with Gasteiger partial charge in [-0.15, -0.1) is 0 Å². The van der Waals surface area contributed by atoms with Crippen LogP contribution in [0.5, 0.6) is 0 Å². The molecule has 3 N–H and O–H groups in total. The van der Waals surface area contributed by atoms with Crippen molar-refractivity contribution < 1.29 is 8.42 Å². The third-order valence-corrected chi connectivity index (χ3v) is 3.71. The van der Waals surface area contributed by atoms with Crippen LogP contribution in [0.15, 0.2) is 41.7 Å². The molecule has 0 aliphatic rings. The van der Waals surface area contributed by atoms with E-state index < -0.39 is 10.0 Å². The summed E-state index contributed by atoms with van der Waals surface area (Å²) in [6.45, 7) is 0.721. The zero-order valence-corrected chi connectivity index (χ0v) is 10.3. The molecule has 0 amide bonds. The number of hydrogen-bond donors (Lipinski definition) is 2. The Labute approximate surface area is 105 Å². The molecule has 2 heterocycles. The van der Waals surface area contributed by atoms with Gasteiger partial charge in [-0.1, -0.05) is 0 Å². The second-order valence-corrected chi connectivity index (χ2v) is 5.35. The number of rotatable bonds is 5. The van der Waals surface area contributed by atoms with E-state index in [1.165, 1.54) is 18.3 Å². The Bertz CT molecular complexity index is 609. The predicted molar refractivity (Wildman–Crippen MR) is 66.1 cm³/mol. The minimum atomic E-state index is -3.55. The van der Waals surface area contributed by atoms with Gasteiger partial charge in [0, 0.05) is 31.2 Å². The second kappa shape index (κ2) is 5.15. The summed E-state index contributed by atoms with van der Waals surface area (Å²) in [6, 6.07) is 4.49. The third-order valence-electron chi connectivity index (χ3n) is 2.26. The van der Waals surface area contributed by atoms with Crippen molar-refractivity contribution in [2.24, 2.45) is 0 Å². The van der Waals surface area contributed by atoms with Crippen molar-refractivity contribution in [1.29, 1.82) is 0 Å². The van der Waals surface area contributed by atoms with E-state index in [4.69, 9.17) is 5.73 Å². The van der Waals surface area contributed by atoms with Gasteiger partial charge in [-0.25, -0.2) is 18.1 Å².